The van der Waals surface area contributed by atoms with Gasteiger partial charge in [0.25, 0.3) is 0 Å². The van der Waals surface area contributed by atoms with Gasteiger partial charge in [-0.2, -0.15) is 0 Å². The number of fused-ring (bicyclic) bond motifs is 1. The summed E-state index contributed by atoms with van der Waals surface area (Å²) in [6, 6.07) is -0.0938. The summed E-state index contributed by atoms with van der Waals surface area (Å²) in [5.74, 6) is 0.733. The highest BCUT2D eigenvalue weighted by Gasteiger charge is 2.23. The molecule has 0 bridgehead atoms. The summed E-state index contributed by atoms with van der Waals surface area (Å²) in [6.07, 6.45) is 9.26. The number of alkyl halides is 1. The average Bonchev–Trinajstić information content (AvgIpc) is 3.15. The number of nitrogens with two attached hydrogens (primary N) is 2. The lowest BCUT2D eigenvalue weighted by Gasteiger charge is -2.33. The Morgan fingerprint density at radius 1 is 1.34 bits per heavy atom. The minimum Gasteiger partial charge on any atom is -0.382 e. The van der Waals surface area contributed by atoms with Crippen LogP contribution >= 0.6 is 15.9 Å². The number of ether oxygens (including phenoxy) is 1. The first-order valence-corrected chi connectivity index (χ1v) is 11.4. The molecule has 2 aromatic heterocycles. The summed E-state index contributed by atoms with van der Waals surface area (Å²) in [5.41, 5.74) is 14.5. The van der Waals surface area contributed by atoms with E-state index < -0.39 is 0 Å². The molecule has 0 spiro atoms. The van der Waals surface area contributed by atoms with Crippen LogP contribution in [0.15, 0.2) is 12.5 Å². The summed E-state index contributed by atoms with van der Waals surface area (Å²) in [5, 5.41) is 0.833. The third-order valence-corrected chi connectivity index (χ3v) is 6.68. The molecule has 1 fully saturated rings. The van der Waals surface area contributed by atoms with Gasteiger partial charge in [0, 0.05) is 36.2 Å². The molecule has 4 N–H and O–H groups in total. The number of amides is 2. The molecule has 0 radical (unpaired) electrons. The number of anilines is 1. The lowest BCUT2D eigenvalue weighted by Crippen LogP contribution is -2.46. The monoisotopic (exact) mass is 466 g/mol. The Kier molecular flexibility index (Phi) is 7.71. The van der Waals surface area contributed by atoms with Gasteiger partial charge in [-0.25, -0.2) is 14.8 Å². The van der Waals surface area contributed by atoms with E-state index in [0.29, 0.717) is 38.0 Å². The zero-order valence-electron chi connectivity index (χ0n) is 17.0. The van der Waals surface area contributed by atoms with E-state index in [9.17, 15) is 4.79 Å². The molecule has 0 aromatic carbocycles. The number of hydrogen-bond acceptors (Lipinski definition) is 5. The number of nitrogens with zero attached hydrogens (tertiary/aromatic N) is 4. The maximum atomic E-state index is 11.8. The summed E-state index contributed by atoms with van der Waals surface area (Å²) in [6.45, 7) is 4.32. The number of imidazole rings is 1. The van der Waals surface area contributed by atoms with Crippen molar-refractivity contribution < 1.29 is 9.53 Å². The van der Waals surface area contributed by atoms with Crippen molar-refractivity contribution in [3.8, 4) is 0 Å². The second kappa shape index (κ2) is 10.2. The molecule has 3 rings (SSSR count). The van der Waals surface area contributed by atoms with Gasteiger partial charge in [0.2, 0.25) is 0 Å². The standard InChI is InChI=1S/C20H31BrN6O2/c1-14(11-21)16-12-24-19(22)17-18(16)26(13-25-17)7-9-29-10-8-27(20(23)28)15-5-3-2-4-6-15/h12-15H,2-11H2,1H3,(H2,22,24)(H2,23,28). The van der Waals surface area contributed by atoms with Gasteiger partial charge in [-0.1, -0.05) is 42.1 Å². The van der Waals surface area contributed by atoms with E-state index in [1.807, 2.05) is 6.20 Å². The van der Waals surface area contributed by atoms with Gasteiger partial charge in [-0.3, -0.25) is 0 Å². The summed E-state index contributed by atoms with van der Waals surface area (Å²) < 4.78 is 7.89. The summed E-state index contributed by atoms with van der Waals surface area (Å²) in [4.78, 5) is 22.3. The average molecular weight is 467 g/mol. The van der Waals surface area contributed by atoms with Crippen molar-refractivity contribution in [3.05, 3.63) is 18.1 Å². The molecule has 1 atom stereocenters. The topological polar surface area (TPSA) is 112 Å². The molecule has 160 valence electrons. The molecule has 0 aliphatic heterocycles. The number of hydrogen-bond donors (Lipinski definition) is 2. The maximum Gasteiger partial charge on any atom is 0.315 e. The van der Waals surface area contributed by atoms with Crippen LogP contribution in [-0.4, -0.2) is 56.6 Å². The number of carbonyl (C=O) groups is 1. The van der Waals surface area contributed by atoms with Crippen molar-refractivity contribution in [2.24, 2.45) is 5.73 Å². The van der Waals surface area contributed by atoms with Crippen LogP contribution in [0.2, 0.25) is 0 Å². The van der Waals surface area contributed by atoms with Crippen LogP contribution in [0, 0.1) is 0 Å². The van der Waals surface area contributed by atoms with Crippen LogP contribution in [0.1, 0.15) is 50.5 Å². The zero-order chi connectivity index (χ0) is 20.8. The van der Waals surface area contributed by atoms with Gasteiger partial charge < -0.3 is 25.7 Å². The van der Waals surface area contributed by atoms with Crippen LogP contribution in [0.5, 0.6) is 0 Å². The van der Waals surface area contributed by atoms with Crippen molar-refractivity contribution >= 4 is 38.8 Å². The predicted molar refractivity (Wildman–Crippen MR) is 118 cm³/mol. The minimum absolute atomic E-state index is 0.256. The molecule has 1 aliphatic rings. The first-order chi connectivity index (χ1) is 14.0. The third-order valence-electron chi connectivity index (χ3n) is 5.71. The number of pyridine rings is 1. The maximum absolute atomic E-state index is 11.8. The second-order valence-corrected chi connectivity index (χ2v) is 8.37. The highest BCUT2D eigenvalue weighted by Crippen LogP contribution is 2.28. The fourth-order valence-electron chi connectivity index (χ4n) is 4.04. The van der Waals surface area contributed by atoms with Crippen LogP contribution in [0.3, 0.4) is 0 Å². The Labute approximate surface area is 180 Å². The highest BCUT2D eigenvalue weighted by atomic mass is 79.9. The number of aromatic nitrogens is 3. The molecule has 0 saturated heterocycles. The van der Waals surface area contributed by atoms with Crippen LogP contribution < -0.4 is 11.5 Å². The van der Waals surface area contributed by atoms with Gasteiger partial charge in [0.05, 0.1) is 25.1 Å². The van der Waals surface area contributed by atoms with Crippen molar-refractivity contribution in [3.63, 3.8) is 0 Å². The van der Waals surface area contributed by atoms with E-state index in [4.69, 9.17) is 16.2 Å². The fourth-order valence-corrected chi connectivity index (χ4v) is 4.39. The van der Waals surface area contributed by atoms with Gasteiger partial charge in [-0.15, -0.1) is 0 Å². The molecule has 9 heteroatoms. The highest BCUT2D eigenvalue weighted by molar-refractivity contribution is 9.09. The quantitative estimate of drug-likeness (QED) is 0.434. The molecular formula is C20H31BrN6O2. The normalized spacial score (nSPS) is 16.2. The lowest BCUT2D eigenvalue weighted by atomic mass is 9.94. The number of carbonyl (C=O) groups excluding carboxylic acids is 1. The van der Waals surface area contributed by atoms with Gasteiger partial charge >= 0.3 is 6.03 Å². The summed E-state index contributed by atoms with van der Waals surface area (Å²) >= 11 is 3.54. The van der Waals surface area contributed by atoms with Crippen LogP contribution in [-0.2, 0) is 11.3 Å². The third kappa shape index (κ3) is 5.19. The predicted octanol–water partition coefficient (Wildman–Crippen LogP) is 3.24. The smallest absolute Gasteiger partial charge is 0.315 e. The van der Waals surface area contributed by atoms with E-state index in [1.165, 1.54) is 6.42 Å². The van der Waals surface area contributed by atoms with Gasteiger partial charge in [-0.05, 0) is 18.8 Å². The molecule has 1 saturated carbocycles. The van der Waals surface area contributed by atoms with E-state index in [1.54, 1.807) is 11.2 Å². The zero-order valence-corrected chi connectivity index (χ0v) is 18.6. The van der Waals surface area contributed by atoms with E-state index >= 15 is 0 Å². The fraction of sp³-hybridized carbons (Fsp3) is 0.650. The number of halogens is 1. The van der Waals surface area contributed by atoms with E-state index in [2.05, 4.69) is 37.4 Å². The van der Waals surface area contributed by atoms with Gasteiger partial charge in [0.1, 0.15) is 5.52 Å². The molecule has 2 amide bonds. The second-order valence-electron chi connectivity index (χ2n) is 7.73. The Hall–Kier alpha value is -1.87. The Bertz CT molecular complexity index is 821. The number of rotatable bonds is 9. The van der Waals surface area contributed by atoms with E-state index in [0.717, 1.165) is 47.6 Å². The van der Waals surface area contributed by atoms with E-state index in [-0.39, 0.29) is 12.1 Å². The van der Waals surface area contributed by atoms with Crippen molar-refractivity contribution in [1.29, 1.82) is 0 Å². The number of urea groups is 1. The lowest BCUT2D eigenvalue weighted by molar-refractivity contribution is 0.0880. The summed E-state index contributed by atoms with van der Waals surface area (Å²) in [7, 11) is 0. The van der Waals surface area contributed by atoms with Crippen molar-refractivity contribution in [2.75, 3.05) is 30.8 Å². The first kappa shape index (κ1) is 21.8. The Morgan fingerprint density at radius 2 is 2.10 bits per heavy atom. The first-order valence-electron chi connectivity index (χ1n) is 10.3. The molecule has 1 unspecified atom stereocenters. The Balaban J connectivity index is 1.57. The van der Waals surface area contributed by atoms with Crippen LogP contribution in [0.4, 0.5) is 10.6 Å². The Morgan fingerprint density at radius 3 is 2.79 bits per heavy atom. The largest absolute Gasteiger partial charge is 0.382 e. The van der Waals surface area contributed by atoms with Gasteiger partial charge in [0.15, 0.2) is 5.82 Å². The van der Waals surface area contributed by atoms with Crippen molar-refractivity contribution in [1.82, 2.24) is 19.4 Å². The number of primary amides is 1. The molecule has 29 heavy (non-hydrogen) atoms. The SMILES string of the molecule is CC(CBr)c1cnc(N)c2ncn(CCOCCN(C(N)=O)C3CCCCC3)c12. The molecule has 1 aliphatic carbocycles. The molecule has 2 aromatic rings. The molecule has 8 nitrogen and oxygen atoms in total. The molecule has 2 heterocycles. The molecular weight excluding hydrogens is 436 g/mol. The minimum atomic E-state index is -0.350. The van der Waals surface area contributed by atoms with Crippen molar-refractivity contribution in [2.45, 2.75) is 57.5 Å². The van der Waals surface area contributed by atoms with Crippen LogP contribution in [0.25, 0.3) is 11.0 Å². The number of nitrogen functional groups attached to an aromatic ring is 1.